The summed E-state index contributed by atoms with van der Waals surface area (Å²) in [5.74, 6) is 0. The average Bonchev–Trinajstić information content (AvgIpc) is 1.99. The Hall–Kier alpha value is 0.0249. The predicted molar refractivity (Wildman–Crippen MR) is 45.1 cm³/mol. The van der Waals surface area contributed by atoms with Crippen molar-refractivity contribution < 1.29 is 4.65 Å². The van der Waals surface area contributed by atoms with Crippen LogP contribution in [-0.2, 0) is 4.65 Å². The van der Waals surface area contributed by atoms with Gasteiger partial charge in [0.05, 0.1) is 0 Å². The van der Waals surface area contributed by atoms with Crippen LogP contribution in [0.1, 0.15) is 46.0 Å². The summed E-state index contributed by atoms with van der Waals surface area (Å²) in [4.78, 5) is 0. The smallest absolute Gasteiger partial charge is 0.283 e. The molecule has 0 heterocycles. The molecule has 0 amide bonds. The first-order chi connectivity index (χ1) is 4.85. The molecule has 0 aromatic heterocycles. The van der Waals surface area contributed by atoms with Crippen LogP contribution in [0.2, 0.25) is 0 Å². The van der Waals surface area contributed by atoms with Crippen LogP contribution in [0.25, 0.3) is 0 Å². The minimum absolute atomic E-state index is 0.284. The number of unbranched alkanes of at least 4 members (excludes halogenated alkanes) is 2. The quantitative estimate of drug-likeness (QED) is 0.406. The SMILES string of the molecule is [B]OC(CC)CCCCC. The van der Waals surface area contributed by atoms with Gasteiger partial charge in [-0.2, -0.15) is 0 Å². The van der Waals surface area contributed by atoms with Crippen LogP contribution in [0.5, 0.6) is 0 Å². The molecule has 0 spiro atoms. The zero-order valence-electron chi connectivity index (χ0n) is 7.10. The van der Waals surface area contributed by atoms with Gasteiger partial charge in [0.25, 0.3) is 8.05 Å². The van der Waals surface area contributed by atoms with Gasteiger partial charge in [0, 0.05) is 6.10 Å². The van der Waals surface area contributed by atoms with Crippen LogP contribution < -0.4 is 0 Å². The zero-order valence-corrected chi connectivity index (χ0v) is 7.10. The van der Waals surface area contributed by atoms with Crippen LogP contribution in [0.4, 0.5) is 0 Å². The highest BCUT2D eigenvalue weighted by Crippen LogP contribution is 2.07. The molecule has 1 unspecified atom stereocenters. The van der Waals surface area contributed by atoms with Crippen LogP contribution in [0.15, 0.2) is 0 Å². The molecule has 0 aliphatic rings. The molecule has 0 aromatic rings. The molecule has 0 fully saturated rings. The van der Waals surface area contributed by atoms with Gasteiger partial charge in [-0.1, -0.05) is 33.1 Å². The largest absolute Gasteiger partial charge is 0.445 e. The van der Waals surface area contributed by atoms with E-state index in [4.69, 9.17) is 12.7 Å². The van der Waals surface area contributed by atoms with Crippen molar-refractivity contribution in [2.45, 2.75) is 52.1 Å². The van der Waals surface area contributed by atoms with Gasteiger partial charge in [0.2, 0.25) is 0 Å². The maximum Gasteiger partial charge on any atom is 0.283 e. The van der Waals surface area contributed by atoms with E-state index < -0.39 is 0 Å². The molecule has 0 N–H and O–H groups in total. The highest BCUT2D eigenvalue weighted by molar-refractivity contribution is 5.98. The summed E-state index contributed by atoms with van der Waals surface area (Å²) in [6.07, 6.45) is 6.22. The molecular weight excluding hydrogens is 123 g/mol. The summed E-state index contributed by atoms with van der Waals surface area (Å²) < 4.78 is 4.75. The fourth-order valence-corrected chi connectivity index (χ4v) is 0.990. The first-order valence-corrected chi connectivity index (χ1v) is 4.20. The standard InChI is InChI=1S/C8H17BO/c1-3-5-6-7-8(4-2)10-9/h8H,3-7H2,1-2H3. The molecule has 1 nitrogen and oxygen atoms in total. The number of hydrogen-bond acceptors (Lipinski definition) is 1. The van der Waals surface area contributed by atoms with Crippen molar-refractivity contribution in [3.05, 3.63) is 0 Å². The second-order valence-electron chi connectivity index (χ2n) is 2.66. The Morgan fingerprint density at radius 3 is 2.40 bits per heavy atom. The Balaban J connectivity index is 3.09. The van der Waals surface area contributed by atoms with Gasteiger partial charge in [-0.05, 0) is 12.8 Å². The Morgan fingerprint density at radius 2 is 2.00 bits per heavy atom. The van der Waals surface area contributed by atoms with E-state index in [0.29, 0.717) is 0 Å². The van der Waals surface area contributed by atoms with Crippen molar-refractivity contribution in [1.82, 2.24) is 0 Å². The van der Waals surface area contributed by atoms with Gasteiger partial charge < -0.3 is 4.65 Å². The summed E-state index contributed by atoms with van der Waals surface area (Å²) in [5.41, 5.74) is 0. The lowest BCUT2D eigenvalue weighted by molar-refractivity contribution is 0.200. The molecule has 58 valence electrons. The van der Waals surface area contributed by atoms with E-state index in [2.05, 4.69) is 13.8 Å². The minimum Gasteiger partial charge on any atom is -0.445 e. The van der Waals surface area contributed by atoms with Crippen molar-refractivity contribution in [1.29, 1.82) is 0 Å². The molecule has 0 bridgehead atoms. The monoisotopic (exact) mass is 140 g/mol. The van der Waals surface area contributed by atoms with Crippen molar-refractivity contribution in [2.75, 3.05) is 0 Å². The topological polar surface area (TPSA) is 9.23 Å². The fraction of sp³-hybridized carbons (Fsp3) is 1.00. The third-order valence-electron chi connectivity index (χ3n) is 1.78. The van der Waals surface area contributed by atoms with Crippen LogP contribution in [-0.4, -0.2) is 14.2 Å². The van der Waals surface area contributed by atoms with E-state index in [9.17, 15) is 0 Å². The lowest BCUT2D eigenvalue weighted by Gasteiger charge is -2.12. The van der Waals surface area contributed by atoms with Crippen molar-refractivity contribution in [3.8, 4) is 0 Å². The maximum absolute atomic E-state index is 5.07. The maximum atomic E-state index is 5.07. The molecule has 2 heteroatoms. The normalized spacial score (nSPS) is 13.4. The summed E-state index contributed by atoms with van der Waals surface area (Å²) in [6.45, 7) is 4.30. The van der Waals surface area contributed by atoms with Gasteiger partial charge >= 0.3 is 0 Å². The summed E-state index contributed by atoms with van der Waals surface area (Å²) >= 11 is 0. The second-order valence-corrected chi connectivity index (χ2v) is 2.66. The van der Waals surface area contributed by atoms with Gasteiger partial charge in [0.1, 0.15) is 0 Å². The molecule has 2 radical (unpaired) electrons. The molecule has 0 saturated heterocycles. The van der Waals surface area contributed by atoms with Crippen molar-refractivity contribution in [3.63, 3.8) is 0 Å². The summed E-state index contributed by atoms with van der Waals surface area (Å²) in [5, 5.41) is 0. The van der Waals surface area contributed by atoms with Crippen LogP contribution >= 0.6 is 0 Å². The Bertz CT molecular complexity index is 62.3. The third-order valence-corrected chi connectivity index (χ3v) is 1.78. The molecule has 1 atom stereocenters. The first kappa shape index (κ1) is 10.0. The first-order valence-electron chi connectivity index (χ1n) is 4.20. The Morgan fingerprint density at radius 1 is 1.30 bits per heavy atom. The average molecular weight is 140 g/mol. The molecular formula is C8H17BO. The molecule has 10 heavy (non-hydrogen) atoms. The van der Waals surface area contributed by atoms with Crippen molar-refractivity contribution >= 4 is 8.05 Å². The van der Waals surface area contributed by atoms with E-state index in [1.165, 1.54) is 19.3 Å². The summed E-state index contributed by atoms with van der Waals surface area (Å²) in [6, 6.07) is 0. The molecule has 0 aromatic carbocycles. The lowest BCUT2D eigenvalue weighted by atomic mass is 10.1. The lowest BCUT2D eigenvalue weighted by Crippen LogP contribution is -2.08. The Labute approximate surface area is 65.6 Å². The minimum atomic E-state index is 0.284. The van der Waals surface area contributed by atoms with E-state index in [-0.39, 0.29) is 6.10 Å². The summed E-state index contributed by atoms with van der Waals surface area (Å²) in [7, 11) is 5.07. The highest BCUT2D eigenvalue weighted by Gasteiger charge is 2.00. The molecule has 0 aliphatic carbocycles. The van der Waals surface area contributed by atoms with E-state index in [1.54, 1.807) is 0 Å². The van der Waals surface area contributed by atoms with Gasteiger partial charge in [0.15, 0.2) is 0 Å². The second kappa shape index (κ2) is 7.14. The van der Waals surface area contributed by atoms with E-state index >= 15 is 0 Å². The predicted octanol–water partition coefficient (Wildman–Crippen LogP) is 2.45. The van der Waals surface area contributed by atoms with Crippen LogP contribution in [0.3, 0.4) is 0 Å². The fourth-order valence-electron chi connectivity index (χ4n) is 0.990. The van der Waals surface area contributed by atoms with Gasteiger partial charge in [-0.15, -0.1) is 0 Å². The molecule has 0 rings (SSSR count). The van der Waals surface area contributed by atoms with E-state index in [0.717, 1.165) is 12.8 Å². The highest BCUT2D eigenvalue weighted by atomic mass is 16.4. The van der Waals surface area contributed by atoms with E-state index in [1.807, 2.05) is 0 Å². The number of hydrogen-bond donors (Lipinski definition) is 0. The van der Waals surface area contributed by atoms with Crippen molar-refractivity contribution in [2.24, 2.45) is 0 Å². The Kier molecular flexibility index (Phi) is 7.15. The zero-order chi connectivity index (χ0) is 7.82. The van der Waals surface area contributed by atoms with Gasteiger partial charge in [-0.3, -0.25) is 0 Å². The van der Waals surface area contributed by atoms with Crippen LogP contribution in [0, 0.1) is 0 Å². The van der Waals surface area contributed by atoms with Gasteiger partial charge in [-0.25, -0.2) is 0 Å². The third kappa shape index (κ3) is 4.86. The molecule has 0 saturated carbocycles. The molecule has 0 aliphatic heterocycles. The number of rotatable bonds is 6.